The molecule has 0 bridgehead atoms. The molecule has 1 saturated carbocycles. The van der Waals surface area contributed by atoms with E-state index in [2.05, 4.69) is 49.9 Å². The van der Waals surface area contributed by atoms with Crippen LogP contribution in [-0.2, 0) is 6.42 Å². The Bertz CT molecular complexity index is 728. The first-order valence-corrected chi connectivity index (χ1v) is 13.6. The van der Waals surface area contributed by atoms with Crippen molar-refractivity contribution >= 4 is 0 Å². The van der Waals surface area contributed by atoms with Gasteiger partial charge in [-0.2, -0.15) is 0 Å². The van der Waals surface area contributed by atoms with Gasteiger partial charge in [0.05, 0.1) is 12.2 Å². The largest absolute Gasteiger partial charge is 0.489 e. The van der Waals surface area contributed by atoms with E-state index in [0.29, 0.717) is 6.42 Å². The number of ether oxygens (including phenoxy) is 1. The van der Waals surface area contributed by atoms with Gasteiger partial charge in [-0.05, 0) is 63.7 Å². The van der Waals surface area contributed by atoms with Crippen molar-refractivity contribution in [3.05, 3.63) is 41.5 Å². The fourth-order valence-corrected chi connectivity index (χ4v) is 5.74. The lowest BCUT2D eigenvalue weighted by molar-refractivity contribution is 0.135. The Balaban J connectivity index is 1.59. The Morgan fingerprint density at radius 3 is 2.55 bits per heavy atom. The number of fused-ring (bicyclic) bond motifs is 3. The second kappa shape index (κ2) is 13.5. The van der Waals surface area contributed by atoms with Crippen molar-refractivity contribution in [2.45, 2.75) is 109 Å². The molecule has 0 saturated heterocycles. The van der Waals surface area contributed by atoms with Crippen LogP contribution in [0.3, 0.4) is 0 Å². The summed E-state index contributed by atoms with van der Waals surface area (Å²) in [6.07, 6.45) is 13.9. The Kier molecular flexibility index (Phi) is 10.7. The molecule has 4 nitrogen and oxygen atoms in total. The molecule has 1 fully saturated rings. The number of aliphatic hydroxyl groups is 2. The van der Waals surface area contributed by atoms with E-state index in [1.165, 1.54) is 56.4 Å². The number of para-hydroxylation sites is 1. The summed E-state index contributed by atoms with van der Waals surface area (Å²) in [5.74, 6) is 1.28. The molecule has 0 spiro atoms. The summed E-state index contributed by atoms with van der Waals surface area (Å²) < 4.78 is 6.44. The number of nitrogens with zero attached hydrogens (tertiary/aromatic N) is 1. The first-order valence-electron chi connectivity index (χ1n) is 13.6. The molecule has 1 aliphatic heterocycles. The van der Waals surface area contributed by atoms with Crippen molar-refractivity contribution < 1.29 is 14.9 Å². The first kappa shape index (κ1) is 26.2. The van der Waals surface area contributed by atoms with E-state index in [1.807, 2.05) is 6.08 Å². The van der Waals surface area contributed by atoms with Crippen LogP contribution in [0.2, 0.25) is 0 Å². The van der Waals surface area contributed by atoms with Crippen molar-refractivity contribution in [1.29, 1.82) is 0 Å². The van der Waals surface area contributed by atoms with Gasteiger partial charge in [0.1, 0.15) is 11.9 Å². The average molecular weight is 458 g/mol. The maximum atomic E-state index is 10.7. The van der Waals surface area contributed by atoms with E-state index in [4.69, 9.17) is 4.74 Å². The molecule has 2 aliphatic rings. The fourth-order valence-electron chi connectivity index (χ4n) is 5.74. The van der Waals surface area contributed by atoms with Gasteiger partial charge in [0.2, 0.25) is 0 Å². The Morgan fingerprint density at radius 2 is 1.82 bits per heavy atom. The smallest absolute Gasteiger partial charge is 0.126 e. The predicted molar refractivity (Wildman–Crippen MR) is 137 cm³/mol. The van der Waals surface area contributed by atoms with Gasteiger partial charge in [0.15, 0.2) is 0 Å². The van der Waals surface area contributed by atoms with Crippen LogP contribution < -0.4 is 4.74 Å². The number of rotatable bonds is 15. The summed E-state index contributed by atoms with van der Waals surface area (Å²) in [6, 6.07) is 6.56. The van der Waals surface area contributed by atoms with Crippen molar-refractivity contribution in [3.63, 3.8) is 0 Å². The molecular formula is C29H47NO3. The van der Waals surface area contributed by atoms with Gasteiger partial charge in [-0.3, -0.25) is 0 Å². The fraction of sp³-hybridized carbons (Fsp3) is 0.724. The molecule has 3 rings (SSSR count). The zero-order valence-electron chi connectivity index (χ0n) is 21.2. The molecular weight excluding hydrogens is 410 g/mol. The quantitative estimate of drug-likeness (QED) is 0.256. The highest BCUT2D eigenvalue weighted by Gasteiger charge is 2.48. The highest BCUT2D eigenvalue weighted by Crippen LogP contribution is 2.52. The Hall–Kier alpha value is -1.36. The summed E-state index contributed by atoms with van der Waals surface area (Å²) in [6.45, 7) is 10.3. The highest BCUT2D eigenvalue weighted by atomic mass is 16.5. The van der Waals surface area contributed by atoms with Gasteiger partial charge in [0, 0.05) is 23.8 Å². The standard InChI is InChI=1S/C29H47NO3/c1-4-7-8-14-23(31)16-17-24-26(32)21-27-28(24)25-15-11-13-22(29(25)33-27)12-9-10-20-30(18-5-2)19-6-3/h11,13,15-17,23-24,26-28,31-32H,4-10,12,14,18-21H2,1-3H3/t23-,24-,26+,27-,28-/m0/s1. The molecule has 5 atom stereocenters. The molecule has 33 heavy (non-hydrogen) atoms. The molecule has 0 aromatic heterocycles. The monoisotopic (exact) mass is 457 g/mol. The number of aliphatic hydroxyl groups excluding tert-OH is 2. The molecule has 2 N–H and O–H groups in total. The Morgan fingerprint density at radius 1 is 1.03 bits per heavy atom. The van der Waals surface area contributed by atoms with Crippen molar-refractivity contribution in [2.24, 2.45) is 5.92 Å². The minimum Gasteiger partial charge on any atom is -0.489 e. The van der Waals surface area contributed by atoms with Crippen LogP contribution in [0.5, 0.6) is 5.75 Å². The molecule has 0 amide bonds. The van der Waals surface area contributed by atoms with Crippen LogP contribution in [0.4, 0.5) is 0 Å². The second-order valence-corrected chi connectivity index (χ2v) is 10.1. The lowest BCUT2D eigenvalue weighted by atomic mass is 9.86. The molecule has 0 unspecified atom stereocenters. The number of hydrogen-bond acceptors (Lipinski definition) is 4. The SMILES string of the molecule is CCCCC[C@H](O)C=C[C@@H]1[C@H]2c3cccc(CCCCN(CCC)CCC)c3O[C@H]2C[C@H]1O. The third-order valence-corrected chi connectivity index (χ3v) is 7.40. The van der Waals surface area contributed by atoms with E-state index in [9.17, 15) is 10.2 Å². The van der Waals surface area contributed by atoms with Crippen molar-refractivity contribution in [1.82, 2.24) is 4.90 Å². The van der Waals surface area contributed by atoms with Crippen molar-refractivity contribution in [2.75, 3.05) is 19.6 Å². The minimum absolute atomic E-state index is 0.0176. The van der Waals surface area contributed by atoms with E-state index in [-0.39, 0.29) is 17.9 Å². The Labute approximate surface area is 202 Å². The van der Waals surface area contributed by atoms with Crippen LogP contribution in [0.1, 0.15) is 95.6 Å². The zero-order chi connectivity index (χ0) is 23.6. The summed E-state index contributed by atoms with van der Waals surface area (Å²) in [4.78, 5) is 2.59. The maximum absolute atomic E-state index is 10.7. The maximum Gasteiger partial charge on any atom is 0.126 e. The number of hydrogen-bond donors (Lipinski definition) is 2. The van der Waals surface area contributed by atoms with Crippen LogP contribution in [0.25, 0.3) is 0 Å². The lowest BCUT2D eigenvalue weighted by Crippen LogP contribution is -2.26. The number of aryl methyl sites for hydroxylation is 1. The van der Waals surface area contributed by atoms with E-state index >= 15 is 0 Å². The van der Waals surface area contributed by atoms with Crippen molar-refractivity contribution in [3.8, 4) is 5.75 Å². The van der Waals surface area contributed by atoms with Crippen LogP contribution in [0, 0.1) is 5.92 Å². The van der Waals surface area contributed by atoms with Crippen LogP contribution >= 0.6 is 0 Å². The molecule has 1 aromatic rings. The molecule has 1 heterocycles. The lowest BCUT2D eigenvalue weighted by Gasteiger charge is -2.21. The van der Waals surface area contributed by atoms with Gasteiger partial charge in [-0.25, -0.2) is 0 Å². The number of unbranched alkanes of at least 4 members (excludes halogenated alkanes) is 3. The molecule has 186 valence electrons. The summed E-state index contributed by atoms with van der Waals surface area (Å²) >= 11 is 0. The normalized spacial score (nSPS) is 24.9. The van der Waals surface area contributed by atoms with Gasteiger partial charge < -0.3 is 19.8 Å². The summed E-state index contributed by atoms with van der Waals surface area (Å²) in [7, 11) is 0. The summed E-state index contributed by atoms with van der Waals surface area (Å²) in [5.41, 5.74) is 2.57. The van der Waals surface area contributed by atoms with E-state index in [1.54, 1.807) is 0 Å². The van der Waals surface area contributed by atoms with E-state index in [0.717, 1.165) is 37.9 Å². The van der Waals surface area contributed by atoms with E-state index < -0.39 is 12.2 Å². The molecule has 1 aromatic carbocycles. The topological polar surface area (TPSA) is 52.9 Å². The average Bonchev–Trinajstić information content (AvgIpc) is 3.30. The number of benzene rings is 1. The first-order chi connectivity index (χ1) is 16.1. The van der Waals surface area contributed by atoms with Crippen LogP contribution in [-0.4, -0.2) is 53.1 Å². The predicted octanol–water partition coefficient (Wildman–Crippen LogP) is 5.85. The van der Waals surface area contributed by atoms with Gasteiger partial charge in [0.25, 0.3) is 0 Å². The van der Waals surface area contributed by atoms with Gasteiger partial charge in [-0.15, -0.1) is 0 Å². The summed E-state index contributed by atoms with van der Waals surface area (Å²) in [5, 5.41) is 21.0. The molecule has 4 heteroatoms. The van der Waals surface area contributed by atoms with Crippen LogP contribution in [0.15, 0.2) is 30.4 Å². The third kappa shape index (κ3) is 7.07. The third-order valence-electron chi connectivity index (χ3n) is 7.40. The van der Waals surface area contributed by atoms with Gasteiger partial charge in [-0.1, -0.05) is 70.4 Å². The minimum atomic E-state index is -0.420. The molecule has 0 radical (unpaired) electrons. The highest BCUT2D eigenvalue weighted by molar-refractivity contribution is 5.49. The van der Waals surface area contributed by atoms with Gasteiger partial charge >= 0.3 is 0 Å². The zero-order valence-corrected chi connectivity index (χ0v) is 21.2. The molecule has 1 aliphatic carbocycles. The second-order valence-electron chi connectivity index (χ2n) is 10.1.